The Morgan fingerprint density at radius 2 is 1.96 bits per heavy atom. The van der Waals surface area contributed by atoms with Gasteiger partial charge in [0.2, 0.25) is 0 Å². The van der Waals surface area contributed by atoms with Gasteiger partial charge in [0.05, 0.1) is 18.3 Å². The predicted molar refractivity (Wildman–Crippen MR) is 88.7 cm³/mol. The lowest BCUT2D eigenvalue weighted by Gasteiger charge is -2.18. The standard InChI is InChI=1S/C17H22F2N4O/c1-10(2)16-8-13(24-23-16)9-21-17(20-4)22-11(3)12-5-6-14(18)15(19)7-12/h5-8,10-11H,9H2,1-4H3,(H2,20,21,22). The molecule has 1 aromatic carbocycles. The van der Waals surface area contributed by atoms with Crippen molar-refractivity contribution in [3.05, 3.63) is 52.9 Å². The van der Waals surface area contributed by atoms with Crippen molar-refractivity contribution < 1.29 is 13.3 Å². The molecule has 24 heavy (non-hydrogen) atoms. The highest BCUT2D eigenvalue weighted by atomic mass is 19.2. The average molecular weight is 336 g/mol. The molecule has 130 valence electrons. The third kappa shape index (κ3) is 4.53. The monoisotopic (exact) mass is 336 g/mol. The fourth-order valence-electron chi connectivity index (χ4n) is 2.12. The van der Waals surface area contributed by atoms with Gasteiger partial charge in [0, 0.05) is 13.1 Å². The molecule has 1 heterocycles. The van der Waals surface area contributed by atoms with Crippen molar-refractivity contribution in [1.82, 2.24) is 15.8 Å². The van der Waals surface area contributed by atoms with E-state index in [0.29, 0.717) is 29.7 Å². The summed E-state index contributed by atoms with van der Waals surface area (Å²) in [6.07, 6.45) is 0. The number of nitrogens with one attached hydrogen (secondary N) is 2. The number of nitrogens with zero attached hydrogens (tertiary/aromatic N) is 2. The van der Waals surface area contributed by atoms with Crippen LogP contribution in [0.15, 0.2) is 33.8 Å². The zero-order valence-electron chi connectivity index (χ0n) is 14.2. The number of hydrogen-bond donors (Lipinski definition) is 2. The minimum Gasteiger partial charge on any atom is -0.359 e. The molecule has 7 heteroatoms. The van der Waals surface area contributed by atoms with Gasteiger partial charge in [0.1, 0.15) is 0 Å². The fraction of sp³-hybridized carbons (Fsp3) is 0.412. The summed E-state index contributed by atoms with van der Waals surface area (Å²) >= 11 is 0. The van der Waals surface area contributed by atoms with E-state index in [1.165, 1.54) is 12.1 Å². The van der Waals surface area contributed by atoms with Crippen molar-refractivity contribution in [1.29, 1.82) is 0 Å². The number of hydrogen-bond acceptors (Lipinski definition) is 3. The summed E-state index contributed by atoms with van der Waals surface area (Å²) in [5, 5.41) is 10.2. The Morgan fingerprint density at radius 3 is 2.54 bits per heavy atom. The van der Waals surface area contributed by atoms with Gasteiger partial charge in [-0.1, -0.05) is 25.1 Å². The van der Waals surface area contributed by atoms with Crippen molar-refractivity contribution in [2.75, 3.05) is 7.05 Å². The van der Waals surface area contributed by atoms with E-state index in [-0.39, 0.29) is 6.04 Å². The summed E-state index contributed by atoms with van der Waals surface area (Å²) in [6.45, 7) is 6.34. The second kappa shape index (κ2) is 7.90. The first-order chi connectivity index (χ1) is 11.4. The van der Waals surface area contributed by atoms with Gasteiger partial charge in [-0.05, 0) is 30.5 Å². The molecule has 0 aliphatic carbocycles. The molecule has 0 aliphatic rings. The Kier molecular flexibility index (Phi) is 5.89. The van der Waals surface area contributed by atoms with Crippen molar-refractivity contribution in [3.8, 4) is 0 Å². The molecule has 0 aliphatic heterocycles. The average Bonchev–Trinajstić information content (AvgIpc) is 3.03. The SMILES string of the molecule is CN=C(NCc1cc(C(C)C)no1)NC(C)c1ccc(F)c(F)c1. The van der Waals surface area contributed by atoms with Crippen LogP contribution < -0.4 is 10.6 Å². The molecule has 1 aromatic heterocycles. The van der Waals surface area contributed by atoms with Crippen LogP contribution in [0, 0.1) is 11.6 Å². The van der Waals surface area contributed by atoms with E-state index in [1.807, 2.05) is 26.8 Å². The van der Waals surface area contributed by atoms with Crippen LogP contribution in [0.5, 0.6) is 0 Å². The highest BCUT2D eigenvalue weighted by Gasteiger charge is 2.12. The molecule has 5 nitrogen and oxygen atoms in total. The topological polar surface area (TPSA) is 62.5 Å². The molecule has 0 fully saturated rings. The quantitative estimate of drug-likeness (QED) is 0.648. The number of aliphatic imine (C=N–C) groups is 1. The summed E-state index contributed by atoms with van der Waals surface area (Å²) in [6, 6.07) is 5.47. The zero-order valence-corrected chi connectivity index (χ0v) is 14.2. The molecule has 0 amide bonds. The summed E-state index contributed by atoms with van der Waals surface area (Å²) in [5.41, 5.74) is 1.52. The third-order valence-corrected chi connectivity index (χ3v) is 3.62. The summed E-state index contributed by atoms with van der Waals surface area (Å²) in [5.74, 6) is -0.211. The lowest BCUT2D eigenvalue weighted by Crippen LogP contribution is -2.38. The van der Waals surface area contributed by atoms with Crippen molar-refractivity contribution >= 4 is 5.96 Å². The molecule has 0 saturated carbocycles. The zero-order chi connectivity index (χ0) is 17.7. The predicted octanol–water partition coefficient (Wildman–Crippen LogP) is 3.50. The largest absolute Gasteiger partial charge is 0.359 e. The Morgan fingerprint density at radius 1 is 1.21 bits per heavy atom. The van der Waals surface area contributed by atoms with Crippen LogP contribution in [-0.2, 0) is 6.54 Å². The van der Waals surface area contributed by atoms with E-state index >= 15 is 0 Å². The van der Waals surface area contributed by atoms with Gasteiger partial charge in [-0.3, -0.25) is 4.99 Å². The molecule has 0 radical (unpaired) electrons. The lowest BCUT2D eigenvalue weighted by atomic mass is 10.1. The van der Waals surface area contributed by atoms with Gasteiger partial charge in [-0.15, -0.1) is 0 Å². The van der Waals surface area contributed by atoms with Crippen LogP contribution in [-0.4, -0.2) is 18.2 Å². The van der Waals surface area contributed by atoms with E-state index < -0.39 is 11.6 Å². The highest BCUT2D eigenvalue weighted by molar-refractivity contribution is 5.80. The summed E-state index contributed by atoms with van der Waals surface area (Å²) in [4.78, 5) is 4.12. The Labute approximate surface area is 140 Å². The summed E-state index contributed by atoms with van der Waals surface area (Å²) in [7, 11) is 1.63. The molecule has 0 bridgehead atoms. The highest BCUT2D eigenvalue weighted by Crippen LogP contribution is 2.16. The molecule has 2 rings (SSSR count). The van der Waals surface area contributed by atoms with E-state index in [1.54, 1.807) is 7.05 Å². The Hall–Kier alpha value is -2.44. The molecular weight excluding hydrogens is 314 g/mol. The first-order valence-corrected chi connectivity index (χ1v) is 7.78. The van der Waals surface area contributed by atoms with Crippen LogP contribution in [0.4, 0.5) is 8.78 Å². The molecule has 2 aromatic rings. The van der Waals surface area contributed by atoms with Gasteiger partial charge in [-0.25, -0.2) is 8.78 Å². The minimum absolute atomic E-state index is 0.243. The molecular formula is C17H22F2N4O. The van der Waals surface area contributed by atoms with Crippen LogP contribution in [0.1, 0.15) is 49.7 Å². The normalized spacial score (nSPS) is 13.2. The third-order valence-electron chi connectivity index (χ3n) is 3.62. The van der Waals surface area contributed by atoms with Crippen molar-refractivity contribution in [3.63, 3.8) is 0 Å². The van der Waals surface area contributed by atoms with Gasteiger partial charge in [0.25, 0.3) is 0 Å². The molecule has 1 atom stereocenters. The molecule has 0 spiro atoms. The number of rotatable bonds is 5. The maximum Gasteiger partial charge on any atom is 0.191 e. The van der Waals surface area contributed by atoms with Crippen LogP contribution in [0.3, 0.4) is 0 Å². The van der Waals surface area contributed by atoms with Crippen LogP contribution in [0.2, 0.25) is 0 Å². The van der Waals surface area contributed by atoms with Crippen molar-refractivity contribution in [2.24, 2.45) is 4.99 Å². The second-order valence-electron chi connectivity index (χ2n) is 5.84. The van der Waals surface area contributed by atoms with Crippen LogP contribution >= 0.6 is 0 Å². The Balaban J connectivity index is 1.94. The van der Waals surface area contributed by atoms with E-state index in [0.717, 1.165) is 11.8 Å². The van der Waals surface area contributed by atoms with Crippen LogP contribution in [0.25, 0.3) is 0 Å². The number of halogens is 2. The maximum absolute atomic E-state index is 13.3. The lowest BCUT2D eigenvalue weighted by molar-refractivity contribution is 0.371. The fourth-order valence-corrected chi connectivity index (χ4v) is 2.12. The summed E-state index contributed by atoms with van der Waals surface area (Å²) < 4.78 is 31.6. The second-order valence-corrected chi connectivity index (χ2v) is 5.84. The van der Waals surface area contributed by atoms with Gasteiger partial charge >= 0.3 is 0 Å². The minimum atomic E-state index is -0.869. The maximum atomic E-state index is 13.3. The van der Waals surface area contributed by atoms with Gasteiger partial charge < -0.3 is 15.2 Å². The van der Waals surface area contributed by atoms with Gasteiger partial charge in [0.15, 0.2) is 23.4 Å². The molecule has 2 N–H and O–H groups in total. The first kappa shape index (κ1) is 17.9. The van der Waals surface area contributed by atoms with Gasteiger partial charge in [-0.2, -0.15) is 0 Å². The smallest absolute Gasteiger partial charge is 0.191 e. The van der Waals surface area contributed by atoms with E-state index in [2.05, 4.69) is 20.8 Å². The number of aromatic nitrogens is 1. The van der Waals surface area contributed by atoms with E-state index in [9.17, 15) is 8.78 Å². The van der Waals surface area contributed by atoms with E-state index in [4.69, 9.17) is 4.52 Å². The first-order valence-electron chi connectivity index (χ1n) is 7.78. The molecule has 0 saturated heterocycles. The molecule has 1 unspecified atom stereocenters. The Bertz CT molecular complexity index is 712. The number of benzene rings is 1. The number of guanidine groups is 1. The van der Waals surface area contributed by atoms with Crippen molar-refractivity contribution in [2.45, 2.75) is 39.3 Å².